The molecule has 0 spiro atoms. The fourth-order valence-corrected chi connectivity index (χ4v) is 8.33. The lowest BCUT2D eigenvalue weighted by Crippen LogP contribution is -2.61. The van der Waals surface area contributed by atoms with Gasteiger partial charge in [0.25, 0.3) is 0 Å². The van der Waals surface area contributed by atoms with E-state index in [2.05, 4.69) is 38.2 Å². The van der Waals surface area contributed by atoms with Crippen molar-refractivity contribution in [2.45, 2.75) is 268 Å². The molecule has 2 aliphatic rings. The second-order valence-corrected chi connectivity index (χ2v) is 18.7. The van der Waals surface area contributed by atoms with Crippen LogP contribution in [0.3, 0.4) is 0 Å². The lowest BCUT2D eigenvalue weighted by Gasteiger charge is -2.42. The molecule has 388 valence electrons. The molecule has 66 heavy (non-hydrogen) atoms. The number of unbranched alkanes of at least 4 members (excludes halogenated alkanes) is 24. The van der Waals surface area contributed by atoms with Gasteiger partial charge in [-0.2, -0.15) is 0 Å². The van der Waals surface area contributed by atoms with Crippen molar-refractivity contribution >= 4 is 5.97 Å². The Kier molecular flexibility index (Phi) is 36.9. The van der Waals surface area contributed by atoms with E-state index in [4.69, 9.17) is 28.4 Å². The Bertz CT molecular complexity index is 1190. The van der Waals surface area contributed by atoms with Crippen LogP contribution in [0.25, 0.3) is 0 Å². The summed E-state index contributed by atoms with van der Waals surface area (Å²) in [5.41, 5.74) is 0. The van der Waals surface area contributed by atoms with Crippen molar-refractivity contribution in [3.63, 3.8) is 0 Å². The van der Waals surface area contributed by atoms with Crippen LogP contribution in [0.4, 0.5) is 0 Å². The van der Waals surface area contributed by atoms with E-state index in [1.54, 1.807) is 0 Å². The minimum atomic E-state index is -1.71. The first-order valence-corrected chi connectivity index (χ1v) is 26.4. The van der Waals surface area contributed by atoms with E-state index in [-0.39, 0.29) is 25.6 Å². The third-order valence-corrected chi connectivity index (χ3v) is 12.7. The van der Waals surface area contributed by atoms with Gasteiger partial charge in [-0.05, 0) is 64.2 Å². The number of aliphatic hydroxyl groups is 7. The fourth-order valence-electron chi connectivity index (χ4n) is 8.33. The number of esters is 1. The van der Waals surface area contributed by atoms with Gasteiger partial charge in [0.2, 0.25) is 0 Å². The third-order valence-electron chi connectivity index (χ3n) is 12.7. The van der Waals surface area contributed by atoms with Crippen LogP contribution >= 0.6 is 0 Å². The number of ether oxygens (including phenoxy) is 6. The molecule has 14 heteroatoms. The zero-order valence-corrected chi connectivity index (χ0v) is 41.2. The van der Waals surface area contributed by atoms with Crippen molar-refractivity contribution in [1.82, 2.24) is 0 Å². The van der Waals surface area contributed by atoms with Gasteiger partial charge in [0.15, 0.2) is 12.6 Å². The van der Waals surface area contributed by atoms with E-state index in [0.29, 0.717) is 13.0 Å². The van der Waals surface area contributed by atoms with Crippen LogP contribution in [0.15, 0.2) is 24.3 Å². The largest absolute Gasteiger partial charge is 0.457 e. The average molecular weight is 945 g/mol. The number of carbonyl (C=O) groups is 1. The van der Waals surface area contributed by atoms with Gasteiger partial charge in [0, 0.05) is 13.0 Å². The summed E-state index contributed by atoms with van der Waals surface area (Å²) in [6.45, 7) is 3.67. The van der Waals surface area contributed by atoms with Gasteiger partial charge in [0.05, 0.1) is 26.4 Å². The Balaban J connectivity index is 1.75. The second kappa shape index (κ2) is 40.2. The summed E-state index contributed by atoms with van der Waals surface area (Å²) >= 11 is 0. The number of aliphatic hydroxyl groups excluding tert-OH is 7. The zero-order chi connectivity index (χ0) is 48.0. The Morgan fingerprint density at radius 1 is 0.485 bits per heavy atom. The van der Waals surface area contributed by atoms with Crippen molar-refractivity contribution in [1.29, 1.82) is 0 Å². The minimum absolute atomic E-state index is 0.0585. The molecule has 2 rings (SSSR count). The van der Waals surface area contributed by atoms with Crippen LogP contribution in [-0.2, 0) is 33.2 Å². The summed E-state index contributed by atoms with van der Waals surface area (Å²) in [6.07, 6.45) is 26.7. The molecule has 11 unspecified atom stereocenters. The summed E-state index contributed by atoms with van der Waals surface area (Å²) in [6, 6.07) is 0. The molecule has 0 amide bonds. The first kappa shape index (κ1) is 60.6. The van der Waals surface area contributed by atoms with Crippen LogP contribution in [0.2, 0.25) is 0 Å². The Labute approximate surface area is 398 Å². The van der Waals surface area contributed by atoms with Gasteiger partial charge in [-0.25, -0.2) is 0 Å². The summed E-state index contributed by atoms with van der Waals surface area (Å²) in [7, 11) is 0. The summed E-state index contributed by atoms with van der Waals surface area (Å²) in [4.78, 5) is 13.0. The van der Waals surface area contributed by atoms with Crippen molar-refractivity contribution in [3.05, 3.63) is 24.3 Å². The number of hydrogen-bond donors (Lipinski definition) is 7. The third kappa shape index (κ3) is 27.6. The summed E-state index contributed by atoms with van der Waals surface area (Å²) in [5, 5.41) is 72.1. The van der Waals surface area contributed by atoms with Gasteiger partial charge in [-0.1, -0.05) is 154 Å². The maximum absolute atomic E-state index is 13.0. The van der Waals surface area contributed by atoms with Crippen LogP contribution in [-0.4, -0.2) is 142 Å². The van der Waals surface area contributed by atoms with Gasteiger partial charge in [0.1, 0.15) is 54.9 Å². The molecule has 14 nitrogen and oxygen atoms in total. The molecule has 2 heterocycles. The van der Waals surface area contributed by atoms with Gasteiger partial charge in [-0.15, -0.1) is 0 Å². The number of allylic oxidation sites excluding steroid dienone is 4. The smallest absolute Gasteiger partial charge is 0.306 e. The van der Waals surface area contributed by atoms with Gasteiger partial charge in [-0.3, -0.25) is 4.79 Å². The maximum Gasteiger partial charge on any atom is 0.306 e. The van der Waals surface area contributed by atoms with E-state index >= 15 is 0 Å². The van der Waals surface area contributed by atoms with Crippen molar-refractivity contribution < 1.29 is 69.0 Å². The molecule has 0 aliphatic carbocycles. The van der Waals surface area contributed by atoms with Gasteiger partial charge >= 0.3 is 5.97 Å². The Morgan fingerprint density at radius 3 is 1.39 bits per heavy atom. The first-order valence-electron chi connectivity index (χ1n) is 26.4. The average Bonchev–Trinajstić information content (AvgIpc) is 3.31. The summed E-state index contributed by atoms with van der Waals surface area (Å²) < 4.78 is 34.3. The quantitative estimate of drug-likeness (QED) is 0.0175. The normalized spacial score (nSPS) is 26.4. The van der Waals surface area contributed by atoms with E-state index in [0.717, 1.165) is 57.8 Å². The fraction of sp³-hybridized carbons (Fsp3) is 0.904. The second-order valence-electron chi connectivity index (χ2n) is 18.7. The van der Waals surface area contributed by atoms with E-state index in [1.165, 1.54) is 116 Å². The van der Waals surface area contributed by atoms with Crippen LogP contribution in [0.1, 0.15) is 200 Å². The predicted molar refractivity (Wildman–Crippen MR) is 257 cm³/mol. The Morgan fingerprint density at radius 2 is 0.894 bits per heavy atom. The summed E-state index contributed by atoms with van der Waals surface area (Å²) in [5.74, 6) is -0.385. The highest BCUT2D eigenvalue weighted by atomic mass is 16.7. The molecule has 7 N–H and O–H groups in total. The topological polar surface area (TPSA) is 214 Å². The highest BCUT2D eigenvalue weighted by Crippen LogP contribution is 2.26. The molecule has 0 aromatic heterocycles. The van der Waals surface area contributed by atoms with Gasteiger partial charge < -0.3 is 64.2 Å². The highest BCUT2D eigenvalue weighted by Gasteiger charge is 2.47. The maximum atomic E-state index is 13.0. The lowest BCUT2D eigenvalue weighted by atomic mass is 9.98. The van der Waals surface area contributed by atoms with Crippen LogP contribution < -0.4 is 0 Å². The molecule has 0 aromatic rings. The number of hydrogen-bond acceptors (Lipinski definition) is 14. The lowest BCUT2D eigenvalue weighted by molar-refractivity contribution is -0.332. The molecule has 2 fully saturated rings. The predicted octanol–water partition coefficient (Wildman–Crippen LogP) is 8.02. The first-order chi connectivity index (χ1) is 32.1. The van der Waals surface area contributed by atoms with E-state index in [1.807, 2.05) is 0 Å². The molecule has 2 aliphatic heterocycles. The monoisotopic (exact) mass is 945 g/mol. The molecule has 11 atom stereocenters. The SMILES string of the molecule is CCCCCC/C=C\CCCCCCCC(=O)OC(COCCCCCCCCCC/C=C\CCCCCCCCC)COC1OC(COC2OC(CO)C(O)C(O)C2O)C(O)C(O)C1O. The Hall–Kier alpha value is -1.53. The van der Waals surface area contributed by atoms with Crippen molar-refractivity contribution in [2.24, 2.45) is 0 Å². The molecule has 2 saturated heterocycles. The van der Waals surface area contributed by atoms with Crippen molar-refractivity contribution in [2.75, 3.05) is 33.0 Å². The highest BCUT2D eigenvalue weighted by molar-refractivity contribution is 5.69. The van der Waals surface area contributed by atoms with Crippen LogP contribution in [0.5, 0.6) is 0 Å². The molecular formula is C52H96O14. The molecular weight excluding hydrogens is 849 g/mol. The number of rotatable bonds is 42. The molecule has 0 saturated carbocycles. The van der Waals surface area contributed by atoms with E-state index in [9.17, 15) is 40.5 Å². The van der Waals surface area contributed by atoms with Crippen molar-refractivity contribution in [3.8, 4) is 0 Å². The molecule has 0 bridgehead atoms. The molecule has 0 radical (unpaired) electrons. The molecule has 0 aromatic carbocycles. The standard InChI is InChI=1S/C52H96O14/c1-3-5-7-9-11-13-15-17-18-19-20-21-22-24-26-28-30-32-34-36-61-38-41(64-44(54)35-33-31-29-27-25-23-16-14-12-10-8-6-4-2)39-62-51-50(60)48(58)46(56)43(66-51)40-63-52-49(59)47(57)45(55)42(37-53)65-52/h14,16,18-19,41-43,45-53,55-60H,3-13,15,17,20-40H2,1-2H3/b16-14-,19-18-. The minimum Gasteiger partial charge on any atom is -0.457 e. The van der Waals surface area contributed by atoms with Crippen LogP contribution in [0, 0.1) is 0 Å². The van der Waals surface area contributed by atoms with E-state index < -0.39 is 80.7 Å². The zero-order valence-electron chi connectivity index (χ0n) is 41.2. The number of carbonyl (C=O) groups excluding carboxylic acids is 1.